The first-order chi connectivity index (χ1) is 5.29. The van der Waals surface area contributed by atoms with Crippen molar-refractivity contribution in [3.8, 4) is 0 Å². The van der Waals surface area contributed by atoms with Crippen LogP contribution in [0.25, 0.3) is 0 Å². The summed E-state index contributed by atoms with van der Waals surface area (Å²) in [5, 5.41) is 0. The first-order valence-electron chi connectivity index (χ1n) is 3.80. The molecular weight excluding hydrogens is 164 g/mol. The molecule has 3 heteroatoms. The van der Waals surface area contributed by atoms with Crippen molar-refractivity contribution < 1.29 is 9.53 Å². The van der Waals surface area contributed by atoms with Gasteiger partial charge in [-0.05, 0) is 25.7 Å². The van der Waals surface area contributed by atoms with Gasteiger partial charge in [0.1, 0.15) is 6.10 Å². The van der Waals surface area contributed by atoms with E-state index in [1.807, 2.05) is 0 Å². The van der Waals surface area contributed by atoms with E-state index >= 15 is 0 Å². The highest BCUT2D eigenvalue weighted by atomic mass is 35.5. The third-order valence-electron chi connectivity index (χ3n) is 1.74. The van der Waals surface area contributed by atoms with Gasteiger partial charge in [0.25, 0.3) is 0 Å². The Morgan fingerprint density at radius 3 is 2.36 bits per heavy atom. The molecule has 0 aromatic heterocycles. The van der Waals surface area contributed by atoms with Gasteiger partial charge >= 0.3 is 5.43 Å². The van der Waals surface area contributed by atoms with Crippen molar-refractivity contribution in [2.45, 2.75) is 31.8 Å². The van der Waals surface area contributed by atoms with E-state index in [-0.39, 0.29) is 6.10 Å². The van der Waals surface area contributed by atoms with Gasteiger partial charge in [-0.2, -0.15) is 0 Å². The van der Waals surface area contributed by atoms with Gasteiger partial charge < -0.3 is 4.74 Å². The fraction of sp³-hybridized carbons (Fsp3) is 0.625. The number of ether oxygens (including phenoxy) is 1. The minimum absolute atomic E-state index is 0.0231. The Bertz CT molecular complexity index is 155. The van der Waals surface area contributed by atoms with Crippen molar-refractivity contribution in [3.63, 3.8) is 0 Å². The van der Waals surface area contributed by atoms with E-state index in [0.717, 1.165) is 25.7 Å². The summed E-state index contributed by atoms with van der Waals surface area (Å²) >= 11 is 5.08. The van der Waals surface area contributed by atoms with Crippen LogP contribution in [0.3, 0.4) is 0 Å². The van der Waals surface area contributed by atoms with Gasteiger partial charge in [0, 0.05) is 11.6 Å². The number of rotatable bonds is 1. The average molecular weight is 175 g/mol. The molecule has 0 heterocycles. The Morgan fingerprint density at radius 2 is 1.91 bits per heavy atom. The molecule has 0 saturated carbocycles. The number of carbonyl (C=O) groups excluding carboxylic acids is 1. The smallest absolute Gasteiger partial charge is 0.404 e. The fourth-order valence-corrected chi connectivity index (χ4v) is 1.32. The van der Waals surface area contributed by atoms with Crippen LogP contribution in [0, 0.1) is 0 Å². The van der Waals surface area contributed by atoms with Gasteiger partial charge in [-0.1, -0.05) is 12.2 Å². The van der Waals surface area contributed by atoms with E-state index in [0.29, 0.717) is 0 Å². The lowest BCUT2D eigenvalue weighted by Gasteiger charge is -2.11. The predicted octanol–water partition coefficient (Wildman–Crippen LogP) is 2.86. The SMILES string of the molecule is O=C(Cl)OC1CCC=CCC1. The zero-order valence-corrected chi connectivity index (χ0v) is 7.01. The van der Waals surface area contributed by atoms with Crippen molar-refractivity contribution in [2.24, 2.45) is 0 Å². The molecule has 0 N–H and O–H groups in total. The van der Waals surface area contributed by atoms with Gasteiger partial charge in [-0.15, -0.1) is 0 Å². The van der Waals surface area contributed by atoms with Gasteiger partial charge in [-0.25, -0.2) is 4.79 Å². The normalized spacial score (nSPS) is 19.4. The minimum Gasteiger partial charge on any atom is -0.450 e. The Labute approximate surface area is 71.2 Å². The Morgan fingerprint density at radius 1 is 1.36 bits per heavy atom. The Kier molecular flexibility index (Phi) is 3.43. The highest BCUT2D eigenvalue weighted by Gasteiger charge is 2.12. The number of carbonyl (C=O) groups is 1. The maximum absolute atomic E-state index is 10.3. The van der Waals surface area contributed by atoms with Crippen molar-refractivity contribution in [3.05, 3.63) is 12.2 Å². The molecule has 0 unspecified atom stereocenters. The van der Waals surface area contributed by atoms with Gasteiger partial charge in [0.05, 0.1) is 0 Å². The topological polar surface area (TPSA) is 26.3 Å². The molecule has 0 aromatic rings. The van der Waals surface area contributed by atoms with E-state index in [1.54, 1.807) is 0 Å². The maximum Gasteiger partial charge on any atom is 0.404 e. The molecule has 1 rings (SSSR count). The van der Waals surface area contributed by atoms with Crippen molar-refractivity contribution >= 4 is 17.0 Å². The first kappa shape index (κ1) is 8.60. The summed E-state index contributed by atoms with van der Waals surface area (Å²) in [4.78, 5) is 10.3. The zero-order valence-electron chi connectivity index (χ0n) is 6.25. The van der Waals surface area contributed by atoms with Crippen LogP contribution >= 0.6 is 11.6 Å². The number of halogens is 1. The molecule has 0 bridgehead atoms. The Balaban J connectivity index is 2.29. The van der Waals surface area contributed by atoms with Crippen LogP contribution in [-0.4, -0.2) is 11.5 Å². The molecule has 11 heavy (non-hydrogen) atoms. The zero-order chi connectivity index (χ0) is 8.10. The Hall–Kier alpha value is -0.500. The van der Waals surface area contributed by atoms with Crippen LogP contribution < -0.4 is 0 Å². The first-order valence-corrected chi connectivity index (χ1v) is 4.18. The summed E-state index contributed by atoms with van der Waals surface area (Å²) < 4.78 is 4.86. The lowest BCUT2D eigenvalue weighted by Crippen LogP contribution is -2.12. The molecule has 0 amide bonds. The fourth-order valence-electron chi connectivity index (χ4n) is 1.19. The monoisotopic (exact) mass is 174 g/mol. The molecule has 0 atom stereocenters. The standard InChI is InChI=1S/C8H11ClO2/c9-8(10)11-7-5-3-1-2-4-6-7/h1-2,7H,3-6H2. The molecule has 0 aliphatic heterocycles. The van der Waals surface area contributed by atoms with Crippen molar-refractivity contribution in [1.29, 1.82) is 0 Å². The van der Waals surface area contributed by atoms with Crippen LogP contribution in [0.2, 0.25) is 0 Å². The highest BCUT2D eigenvalue weighted by molar-refractivity contribution is 6.61. The second-order valence-electron chi connectivity index (χ2n) is 2.60. The summed E-state index contributed by atoms with van der Waals surface area (Å²) in [5.74, 6) is 0. The number of allylic oxidation sites excluding steroid dienone is 2. The largest absolute Gasteiger partial charge is 0.450 e. The summed E-state index contributed by atoms with van der Waals surface area (Å²) in [6.07, 6.45) is 8.01. The molecule has 0 aromatic carbocycles. The van der Waals surface area contributed by atoms with Gasteiger partial charge in [0.2, 0.25) is 0 Å². The summed E-state index contributed by atoms with van der Waals surface area (Å²) in [6.45, 7) is 0. The number of hydrogen-bond acceptors (Lipinski definition) is 2. The lowest BCUT2D eigenvalue weighted by molar-refractivity contribution is 0.112. The second-order valence-corrected chi connectivity index (χ2v) is 2.91. The van der Waals surface area contributed by atoms with Gasteiger partial charge in [0.15, 0.2) is 0 Å². The molecule has 0 saturated heterocycles. The highest BCUT2D eigenvalue weighted by Crippen LogP contribution is 2.15. The number of hydrogen-bond donors (Lipinski definition) is 0. The lowest BCUT2D eigenvalue weighted by atomic mass is 10.1. The molecule has 0 radical (unpaired) electrons. The van der Waals surface area contributed by atoms with E-state index in [4.69, 9.17) is 16.3 Å². The molecular formula is C8H11ClO2. The maximum atomic E-state index is 10.3. The van der Waals surface area contributed by atoms with Crippen LogP contribution in [0.1, 0.15) is 25.7 Å². The molecule has 62 valence electrons. The van der Waals surface area contributed by atoms with Crippen molar-refractivity contribution in [1.82, 2.24) is 0 Å². The van der Waals surface area contributed by atoms with E-state index in [1.165, 1.54) is 0 Å². The second kappa shape index (κ2) is 4.39. The summed E-state index contributed by atoms with van der Waals surface area (Å²) in [6, 6.07) is 0. The average Bonchev–Trinajstić information content (AvgIpc) is 2.14. The molecule has 0 fully saturated rings. The van der Waals surface area contributed by atoms with Crippen LogP contribution in [0.5, 0.6) is 0 Å². The van der Waals surface area contributed by atoms with Gasteiger partial charge in [-0.3, -0.25) is 0 Å². The van der Waals surface area contributed by atoms with E-state index < -0.39 is 5.43 Å². The third-order valence-corrected chi connectivity index (χ3v) is 1.83. The van der Waals surface area contributed by atoms with Crippen LogP contribution in [0.4, 0.5) is 4.79 Å². The molecule has 0 spiro atoms. The quantitative estimate of drug-likeness (QED) is 0.451. The summed E-state index contributed by atoms with van der Waals surface area (Å²) in [7, 11) is 0. The molecule has 1 aliphatic rings. The van der Waals surface area contributed by atoms with Crippen LogP contribution in [-0.2, 0) is 4.74 Å². The van der Waals surface area contributed by atoms with Crippen LogP contribution in [0.15, 0.2) is 12.2 Å². The molecule has 1 aliphatic carbocycles. The van der Waals surface area contributed by atoms with Crippen molar-refractivity contribution in [2.75, 3.05) is 0 Å². The van der Waals surface area contributed by atoms with E-state index in [2.05, 4.69) is 12.2 Å². The third kappa shape index (κ3) is 3.42. The predicted molar refractivity (Wildman–Crippen MR) is 43.7 cm³/mol. The summed E-state index contributed by atoms with van der Waals surface area (Å²) in [5.41, 5.74) is -0.683. The molecule has 2 nitrogen and oxygen atoms in total. The van der Waals surface area contributed by atoms with E-state index in [9.17, 15) is 4.79 Å². The minimum atomic E-state index is -0.683.